The molecule has 0 aliphatic carbocycles. The summed E-state index contributed by atoms with van der Waals surface area (Å²) >= 11 is 1.31. The number of benzene rings is 3. The average Bonchev–Trinajstić information content (AvgIpc) is 3.72. The summed E-state index contributed by atoms with van der Waals surface area (Å²) in [6.45, 7) is 7.98. The van der Waals surface area contributed by atoms with Crippen molar-refractivity contribution in [2.75, 3.05) is 13.4 Å². The fraction of sp³-hybridized carbons (Fsp3) is 0.194. The van der Waals surface area contributed by atoms with Crippen LogP contribution in [0.15, 0.2) is 99.9 Å². The van der Waals surface area contributed by atoms with Crippen molar-refractivity contribution in [3.05, 3.63) is 132 Å². The number of esters is 1. The number of carbonyl (C=O) groups excluding carboxylic acids is 1. The van der Waals surface area contributed by atoms with E-state index in [4.69, 9.17) is 19.2 Å². The number of nitrogens with zero attached hydrogens (tertiary/aromatic N) is 3. The Morgan fingerprint density at radius 1 is 0.978 bits per heavy atom. The van der Waals surface area contributed by atoms with E-state index in [0.29, 0.717) is 37.7 Å². The van der Waals surface area contributed by atoms with Crippen molar-refractivity contribution in [2.24, 2.45) is 4.99 Å². The van der Waals surface area contributed by atoms with Gasteiger partial charge in [0.15, 0.2) is 16.3 Å². The van der Waals surface area contributed by atoms with Crippen molar-refractivity contribution in [1.82, 2.24) is 9.13 Å². The van der Waals surface area contributed by atoms with Crippen LogP contribution in [-0.4, -0.2) is 28.5 Å². The van der Waals surface area contributed by atoms with Gasteiger partial charge in [0, 0.05) is 17.1 Å². The van der Waals surface area contributed by atoms with Crippen LogP contribution in [0.2, 0.25) is 0 Å². The van der Waals surface area contributed by atoms with Crippen molar-refractivity contribution >= 4 is 23.4 Å². The van der Waals surface area contributed by atoms with Gasteiger partial charge in [0.2, 0.25) is 6.79 Å². The molecule has 7 rings (SSSR count). The van der Waals surface area contributed by atoms with Crippen molar-refractivity contribution in [1.29, 1.82) is 0 Å². The zero-order valence-electron chi connectivity index (χ0n) is 25.4. The molecule has 0 saturated carbocycles. The van der Waals surface area contributed by atoms with E-state index in [1.807, 2.05) is 36.4 Å². The lowest BCUT2D eigenvalue weighted by Crippen LogP contribution is -2.39. The van der Waals surface area contributed by atoms with Gasteiger partial charge in [-0.3, -0.25) is 9.36 Å². The molecule has 0 spiro atoms. The SMILES string of the molecule is CCOC(=O)C1=C(C)N=c2sc(=Cc3cc(C)n(-c4ccc(-c5ccccc5)cc4)c3C)c(=O)n2[C@H]1c1ccc2c(c1)OCO2. The van der Waals surface area contributed by atoms with Gasteiger partial charge < -0.3 is 18.8 Å². The molecule has 8 nitrogen and oxygen atoms in total. The fourth-order valence-electron chi connectivity index (χ4n) is 6.10. The fourth-order valence-corrected chi connectivity index (χ4v) is 7.13. The maximum atomic E-state index is 14.2. The third-order valence-electron chi connectivity index (χ3n) is 8.22. The van der Waals surface area contributed by atoms with Gasteiger partial charge in [0.25, 0.3) is 5.56 Å². The number of aryl methyl sites for hydroxylation is 1. The minimum Gasteiger partial charge on any atom is -0.463 e. The van der Waals surface area contributed by atoms with E-state index < -0.39 is 12.0 Å². The first-order chi connectivity index (χ1) is 21.8. The second-order valence-corrected chi connectivity index (χ2v) is 12.0. The van der Waals surface area contributed by atoms with E-state index in [-0.39, 0.29) is 19.0 Å². The normalized spacial score (nSPS) is 15.6. The highest BCUT2D eigenvalue weighted by Gasteiger charge is 2.34. The largest absolute Gasteiger partial charge is 0.463 e. The van der Waals surface area contributed by atoms with Crippen LogP contribution in [0.4, 0.5) is 0 Å². The monoisotopic (exact) mass is 617 g/mol. The summed E-state index contributed by atoms with van der Waals surface area (Å²) in [5, 5.41) is 0. The Hall–Kier alpha value is -5.15. The molecule has 0 unspecified atom stereocenters. The van der Waals surface area contributed by atoms with Crippen LogP contribution in [0.3, 0.4) is 0 Å². The maximum Gasteiger partial charge on any atom is 0.338 e. The summed E-state index contributed by atoms with van der Waals surface area (Å²) in [6, 6.07) is 25.6. The van der Waals surface area contributed by atoms with Gasteiger partial charge in [0.05, 0.1) is 28.5 Å². The molecule has 4 heterocycles. The minimum atomic E-state index is -0.729. The molecule has 45 heavy (non-hydrogen) atoms. The highest BCUT2D eigenvalue weighted by molar-refractivity contribution is 7.07. The molecule has 9 heteroatoms. The Bertz CT molecular complexity index is 2170. The lowest BCUT2D eigenvalue weighted by atomic mass is 9.95. The molecule has 1 atom stereocenters. The third kappa shape index (κ3) is 4.99. The summed E-state index contributed by atoms with van der Waals surface area (Å²) in [6.07, 6.45) is 1.92. The quantitative estimate of drug-likeness (QED) is 0.232. The molecule has 0 radical (unpaired) electrons. The Morgan fingerprint density at radius 2 is 1.71 bits per heavy atom. The number of thiazole rings is 1. The lowest BCUT2D eigenvalue weighted by molar-refractivity contribution is -0.139. The second kappa shape index (κ2) is 11.4. The van der Waals surface area contributed by atoms with Gasteiger partial charge in [-0.1, -0.05) is 59.9 Å². The third-order valence-corrected chi connectivity index (χ3v) is 9.20. The number of carbonyl (C=O) groups is 1. The van der Waals surface area contributed by atoms with Crippen LogP contribution in [0.25, 0.3) is 22.9 Å². The molecule has 0 bridgehead atoms. The summed E-state index contributed by atoms with van der Waals surface area (Å²) in [7, 11) is 0. The molecule has 2 aliphatic rings. The minimum absolute atomic E-state index is 0.122. The van der Waals surface area contributed by atoms with Crippen LogP contribution >= 0.6 is 11.3 Å². The van der Waals surface area contributed by atoms with E-state index in [1.54, 1.807) is 24.5 Å². The molecule has 0 N–H and O–H groups in total. The number of hydrogen-bond acceptors (Lipinski definition) is 7. The van der Waals surface area contributed by atoms with E-state index >= 15 is 0 Å². The van der Waals surface area contributed by atoms with Crippen LogP contribution in [0.5, 0.6) is 11.5 Å². The van der Waals surface area contributed by atoms with E-state index in [0.717, 1.165) is 28.2 Å². The van der Waals surface area contributed by atoms with E-state index in [9.17, 15) is 9.59 Å². The van der Waals surface area contributed by atoms with E-state index in [2.05, 4.69) is 60.9 Å². The molecule has 226 valence electrons. The zero-order chi connectivity index (χ0) is 31.2. The first kappa shape index (κ1) is 28.6. The zero-order valence-corrected chi connectivity index (χ0v) is 26.2. The summed E-state index contributed by atoms with van der Waals surface area (Å²) in [5.41, 5.74) is 7.69. The number of fused-ring (bicyclic) bond motifs is 2. The molecule has 0 amide bonds. The summed E-state index contributed by atoms with van der Waals surface area (Å²) in [4.78, 5) is 32.6. The van der Waals surface area contributed by atoms with Crippen molar-refractivity contribution in [3.63, 3.8) is 0 Å². The van der Waals surface area contributed by atoms with Gasteiger partial charge in [0.1, 0.15) is 0 Å². The summed E-state index contributed by atoms with van der Waals surface area (Å²) in [5.74, 6) is 0.684. The van der Waals surface area contributed by atoms with Crippen LogP contribution in [0.1, 0.15) is 42.4 Å². The van der Waals surface area contributed by atoms with Crippen molar-refractivity contribution < 1.29 is 19.0 Å². The number of rotatable bonds is 6. The van der Waals surface area contributed by atoms with Crippen LogP contribution in [-0.2, 0) is 9.53 Å². The highest BCUT2D eigenvalue weighted by atomic mass is 32.1. The van der Waals surface area contributed by atoms with Crippen LogP contribution in [0, 0.1) is 13.8 Å². The topological polar surface area (TPSA) is 84.1 Å². The van der Waals surface area contributed by atoms with Crippen molar-refractivity contribution in [2.45, 2.75) is 33.7 Å². The molecule has 0 fully saturated rings. The predicted octanol–water partition coefficient (Wildman–Crippen LogP) is 5.60. The molecule has 5 aromatic rings. The first-order valence-corrected chi connectivity index (χ1v) is 15.6. The maximum absolute atomic E-state index is 14.2. The summed E-state index contributed by atoms with van der Waals surface area (Å²) < 4.78 is 20.9. The molecular formula is C36H31N3O5S. The smallest absolute Gasteiger partial charge is 0.338 e. The number of allylic oxidation sites excluding steroid dienone is 1. The van der Waals surface area contributed by atoms with Gasteiger partial charge >= 0.3 is 5.97 Å². The number of ether oxygens (including phenoxy) is 3. The van der Waals surface area contributed by atoms with Gasteiger partial charge in [-0.25, -0.2) is 9.79 Å². The Kier molecular flexibility index (Phi) is 7.25. The highest BCUT2D eigenvalue weighted by Crippen LogP contribution is 2.38. The average molecular weight is 618 g/mol. The standard InChI is InChI=1S/C36H31N3O5S/c1-5-42-35(41)32-22(3)37-36-39(33(32)26-13-16-29-30(18-26)44-20-43-29)34(40)31(45-36)19-27-17-21(2)38(23(27)4)28-14-11-25(12-15-28)24-9-7-6-8-10-24/h6-19,33H,5,20H2,1-4H3/t33-/m0/s1. The van der Waals surface area contributed by atoms with Crippen LogP contribution < -0.4 is 24.4 Å². The van der Waals surface area contributed by atoms with E-state index in [1.165, 1.54) is 16.9 Å². The lowest BCUT2D eigenvalue weighted by Gasteiger charge is -2.24. The van der Waals surface area contributed by atoms with Gasteiger partial charge in [-0.05, 0) is 86.4 Å². The van der Waals surface area contributed by atoms with Gasteiger partial charge in [-0.15, -0.1) is 0 Å². The molecule has 0 saturated heterocycles. The van der Waals surface area contributed by atoms with Crippen molar-refractivity contribution in [3.8, 4) is 28.3 Å². The van der Waals surface area contributed by atoms with Gasteiger partial charge in [-0.2, -0.15) is 0 Å². The predicted molar refractivity (Wildman–Crippen MR) is 174 cm³/mol. The number of aromatic nitrogens is 2. The second-order valence-electron chi connectivity index (χ2n) is 11.0. The Morgan fingerprint density at radius 3 is 2.47 bits per heavy atom. The molecule has 3 aromatic carbocycles. The Balaban J connectivity index is 1.32. The molecule has 2 aromatic heterocycles. The first-order valence-electron chi connectivity index (χ1n) is 14.8. The number of hydrogen-bond donors (Lipinski definition) is 0. The Labute approximate surface area is 263 Å². The molecule has 2 aliphatic heterocycles. The molecular weight excluding hydrogens is 586 g/mol.